The first-order chi connectivity index (χ1) is 10.7. The van der Waals surface area contributed by atoms with E-state index in [4.69, 9.17) is 16.3 Å². The second-order valence-electron chi connectivity index (χ2n) is 7.19. The molecule has 23 heavy (non-hydrogen) atoms. The number of ether oxygens (including phenoxy) is 1. The van der Waals surface area contributed by atoms with Gasteiger partial charge in [-0.3, -0.25) is 0 Å². The van der Waals surface area contributed by atoms with Crippen LogP contribution in [0.25, 0.3) is 0 Å². The number of hydrogen-bond acceptors (Lipinski definition) is 4. The Balaban J connectivity index is 1.81. The summed E-state index contributed by atoms with van der Waals surface area (Å²) in [6.45, 7) is 9.51. The predicted molar refractivity (Wildman–Crippen MR) is 96.2 cm³/mol. The average Bonchev–Trinajstić information content (AvgIpc) is 3.03. The number of halogens is 1. The predicted octanol–water partition coefficient (Wildman–Crippen LogP) is 4.67. The highest BCUT2D eigenvalue weighted by atomic mass is 35.5. The third kappa shape index (κ3) is 5.98. The summed E-state index contributed by atoms with van der Waals surface area (Å²) >= 11 is 7.56. The quantitative estimate of drug-likeness (QED) is 0.831. The number of nitrogens with zero attached hydrogens (tertiary/aromatic N) is 1. The third-order valence-electron chi connectivity index (χ3n) is 3.88. The SMILES string of the molecule is CC(CC1CCCN1C(=O)OC(C)(C)C)NCc1ccc(Cl)s1. The fourth-order valence-corrected chi connectivity index (χ4v) is 3.89. The van der Waals surface area contributed by atoms with E-state index in [-0.39, 0.29) is 12.1 Å². The summed E-state index contributed by atoms with van der Waals surface area (Å²) in [5.74, 6) is 0. The molecule has 4 nitrogen and oxygen atoms in total. The maximum Gasteiger partial charge on any atom is 0.410 e. The molecule has 0 bridgehead atoms. The zero-order valence-corrected chi connectivity index (χ0v) is 16.0. The molecule has 2 heterocycles. The van der Waals surface area contributed by atoms with Gasteiger partial charge in [0.1, 0.15) is 5.60 Å². The lowest BCUT2D eigenvalue weighted by atomic mass is 10.1. The van der Waals surface area contributed by atoms with Crippen LogP contribution in [-0.4, -0.2) is 35.2 Å². The normalized spacial score (nSPS) is 19.9. The number of nitrogens with one attached hydrogen (secondary N) is 1. The molecule has 1 fully saturated rings. The molecule has 1 aliphatic heterocycles. The number of amides is 1. The summed E-state index contributed by atoms with van der Waals surface area (Å²) in [6, 6.07) is 4.58. The lowest BCUT2D eigenvalue weighted by molar-refractivity contribution is 0.0214. The van der Waals surface area contributed by atoms with Crippen LogP contribution in [0.3, 0.4) is 0 Å². The largest absolute Gasteiger partial charge is 0.444 e. The minimum Gasteiger partial charge on any atom is -0.444 e. The topological polar surface area (TPSA) is 41.6 Å². The molecule has 0 aromatic carbocycles. The summed E-state index contributed by atoms with van der Waals surface area (Å²) < 4.78 is 6.34. The van der Waals surface area contributed by atoms with Gasteiger partial charge in [0, 0.05) is 30.1 Å². The fraction of sp³-hybridized carbons (Fsp3) is 0.706. The Labute approximate surface area is 148 Å². The van der Waals surface area contributed by atoms with E-state index in [9.17, 15) is 4.79 Å². The van der Waals surface area contributed by atoms with E-state index in [0.29, 0.717) is 6.04 Å². The molecule has 1 N–H and O–H groups in total. The lowest BCUT2D eigenvalue weighted by Gasteiger charge is -2.30. The molecular weight excluding hydrogens is 332 g/mol. The first-order valence-electron chi connectivity index (χ1n) is 8.22. The fourth-order valence-electron chi connectivity index (χ4n) is 2.85. The molecular formula is C17H27ClN2O2S. The van der Waals surface area contributed by atoms with Crippen LogP contribution >= 0.6 is 22.9 Å². The Hall–Kier alpha value is -0.780. The molecule has 2 rings (SSSR count). The number of likely N-dealkylation sites (tertiary alicyclic amines) is 1. The van der Waals surface area contributed by atoms with Crippen molar-refractivity contribution in [1.82, 2.24) is 10.2 Å². The van der Waals surface area contributed by atoms with Crippen molar-refractivity contribution >= 4 is 29.0 Å². The molecule has 1 aromatic rings. The molecule has 0 radical (unpaired) electrons. The molecule has 2 unspecified atom stereocenters. The van der Waals surface area contributed by atoms with E-state index in [0.717, 1.165) is 36.7 Å². The van der Waals surface area contributed by atoms with Gasteiger partial charge < -0.3 is 15.0 Å². The molecule has 6 heteroatoms. The monoisotopic (exact) mass is 358 g/mol. The zero-order chi connectivity index (χ0) is 17.0. The summed E-state index contributed by atoms with van der Waals surface area (Å²) in [4.78, 5) is 15.4. The summed E-state index contributed by atoms with van der Waals surface area (Å²) in [6.07, 6.45) is 2.86. The molecule has 1 saturated heterocycles. The Morgan fingerprint density at radius 2 is 2.26 bits per heavy atom. The zero-order valence-electron chi connectivity index (χ0n) is 14.4. The van der Waals surface area contributed by atoms with Crippen LogP contribution in [0.15, 0.2) is 12.1 Å². The molecule has 0 aliphatic carbocycles. The van der Waals surface area contributed by atoms with Gasteiger partial charge in [-0.05, 0) is 59.1 Å². The van der Waals surface area contributed by atoms with E-state index in [2.05, 4.69) is 18.3 Å². The number of carbonyl (C=O) groups is 1. The highest BCUT2D eigenvalue weighted by Crippen LogP contribution is 2.25. The van der Waals surface area contributed by atoms with Gasteiger partial charge in [0.05, 0.1) is 4.34 Å². The van der Waals surface area contributed by atoms with Crippen molar-refractivity contribution in [3.05, 3.63) is 21.3 Å². The number of thiophene rings is 1. The van der Waals surface area contributed by atoms with Crippen LogP contribution in [0.1, 0.15) is 51.8 Å². The Morgan fingerprint density at radius 3 is 2.87 bits per heavy atom. The maximum absolute atomic E-state index is 12.3. The first kappa shape index (κ1) is 18.6. The van der Waals surface area contributed by atoms with Crippen LogP contribution < -0.4 is 5.32 Å². The second kappa shape index (κ2) is 7.86. The van der Waals surface area contributed by atoms with Crippen molar-refractivity contribution in [2.24, 2.45) is 0 Å². The third-order valence-corrected chi connectivity index (χ3v) is 5.12. The molecule has 0 saturated carbocycles. The van der Waals surface area contributed by atoms with Gasteiger partial charge in [-0.25, -0.2) is 4.79 Å². The minimum atomic E-state index is -0.438. The molecule has 1 aromatic heterocycles. The van der Waals surface area contributed by atoms with E-state index in [1.165, 1.54) is 4.88 Å². The second-order valence-corrected chi connectivity index (χ2v) is 8.99. The van der Waals surface area contributed by atoms with Gasteiger partial charge in [-0.2, -0.15) is 0 Å². The highest BCUT2D eigenvalue weighted by Gasteiger charge is 2.32. The van der Waals surface area contributed by atoms with Crippen molar-refractivity contribution < 1.29 is 9.53 Å². The van der Waals surface area contributed by atoms with E-state index in [1.54, 1.807) is 11.3 Å². The summed E-state index contributed by atoms with van der Waals surface area (Å²) in [5, 5.41) is 3.52. The van der Waals surface area contributed by atoms with Gasteiger partial charge in [-0.15, -0.1) is 11.3 Å². The van der Waals surface area contributed by atoms with Crippen LogP contribution in [0.2, 0.25) is 4.34 Å². The van der Waals surface area contributed by atoms with Crippen LogP contribution in [0, 0.1) is 0 Å². The van der Waals surface area contributed by atoms with Crippen molar-refractivity contribution in [2.75, 3.05) is 6.54 Å². The van der Waals surface area contributed by atoms with Gasteiger partial charge in [-0.1, -0.05) is 11.6 Å². The first-order valence-corrected chi connectivity index (χ1v) is 9.41. The summed E-state index contributed by atoms with van der Waals surface area (Å²) in [7, 11) is 0. The lowest BCUT2D eigenvalue weighted by Crippen LogP contribution is -2.42. The number of rotatable bonds is 5. The average molecular weight is 359 g/mol. The molecule has 1 amide bonds. The van der Waals surface area contributed by atoms with Crippen molar-refractivity contribution in [3.8, 4) is 0 Å². The van der Waals surface area contributed by atoms with Crippen molar-refractivity contribution in [3.63, 3.8) is 0 Å². The van der Waals surface area contributed by atoms with Crippen LogP contribution in [-0.2, 0) is 11.3 Å². The van der Waals surface area contributed by atoms with E-state index >= 15 is 0 Å². The smallest absolute Gasteiger partial charge is 0.410 e. The minimum absolute atomic E-state index is 0.183. The van der Waals surface area contributed by atoms with Gasteiger partial charge >= 0.3 is 6.09 Å². The Morgan fingerprint density at radius 1 is 1.52 bits per heavy atom. The van der Waals surface area contributed by atoms with Crippen molar-refractivity contribution in [2.45, 2.75) is 71.2 Å². The van der Waals surface area contributed by atoms with Crippen LogP contribution in [0.5, 0.6) is 0 Å². The maximum atomic E-state index is 12.3. The highest BCUT2D eigenvalue weighted by molar-refractivity contribution is 7.16. The van der Waals surface area contributed by atoms with Gasteiger partial charge in [0.25, 0.3) is 0 Å². The Bertz CT molecular complexity index is 527. The van der Waals surface area contributed by atoms with Crippen molar-refractivity contribution in [1.29, 1.82) is 0 Å². The van der Waals surface area contributed by atoms with Gasteiger partial charge in [0.2, 0.25) is 0 Å². The van der Waals surface area contributed by atoms with Gasteiger partial charge in [0.15, 0.2) is 0 Å². The number of carbonyl (C=O) groups excluding carboxylic acids is 1. The molecule has 0 spiro atoms. The van der Waals surface area contributed by atoms with E-state index in [1.807, 2.05) is 31.7 Å². The molecule has 1 aliphatic rings. The van der Waals surface area contributed by atoms with E-state index < -0.39 is 5.60 Å². The standard InChI is InChI=1S/C17H27ClN2O2S/c1-12(19-11-14-7-8-15(18)23-14)10-13-6-5-9-20(13)16(21)22-17(2,3)4/h7-8,12-13,19H,5-6,9-11H2,1-4H3. The Kier molecular flexibility index (Phi) is 6.34. The number of hydrogen-bond donors (Lipinski definition) is 1. The molecule has 2 atom stereocenters. The van der Waals surface area contributed by atoms with Crippen LogP contribution in [0.4, 0.5) is 4.79 Å². The molecule has 130 valence electrons. The summed E-state index contributed by atoms with van der Waals surface area (Å²) in [5.41, 5.74) is -0.438.